The van der Waals surface area contributed by atoms with Gasteiger partial charge in [-0.25, -0.2) is 4.79 Å². The smallest absolute Gasteiger partial charge is 0.329 e. The topological polar surface area (TPSA) is 72.6 Å². The molecule has 1 saturated heterocycles. The lowest BCUT2D eigenvalue weighted by molar-refractivity contribution is -0.171. The highest BCUT2D eigenvalue weighted by molar-refractivity contribution is 5.90. The van der Waals surface area contributed by atoms with Crippen molar-refractivity contribution in [3.8, 4) is 0 Å². The van der Waals surface area contributed by atoms with Gasteiger partial charge in [0, 0.05) is 12.6 Å². The Hall–Kier alpha value is -1.10. The van der Waals surface area contributed by atoms with Crippen molar-refractivity contribution in [1.82, 2.24) is 4.90 Å². The van der Waals surface area contributed by atoms with E-state index < -0.39 is 6.04 Å². The van der Waals surface area contributed by atoms with E-state index in [-0.39, 0.29) is 30.4 Å². The summed E-state index contributed by atoms with van der Waals surface area (Å²) >= 11 is 0. The second kappa shape index (κ2) is 4.61. The van der Waals surface area contributed by atoms with E-state index in [4.69, 9.17) is 10.5 Å². The first-order chi connectivity index (χ1) is 6.93. The van der Waals surface area contributed by atoms with Crippen LogP contribution >= 0.6 is 0 Å². The first kappa shape index (κ1) is 12.0. The summed E-state index contributed by atoms with van der Waals surface area (Å²) in [6.07, 6.45) is 0. The normalized spacial score (nSPS) is 24.3. The molecule has 15 heavy (non-hydrogen) atoms. The number of nitrogens with zero attached hydrogens (tertiary/aromatic N) is 1. The molecule has 0 radical (unpaired) electrons. The summed E-state index contributed by atoms with van der Waals surface area (Å²) in [4.78, 5) is 24.6. The Kier molecular flexibility index (Phi) is 3.68. The van der Waals surface area contributed by atoms with Crippen LogP contribution in [-0.4, -0.2) is 42.0 Å². The lowest BCUT2D eigenvalue weighted by Gasteiger charge is -2.37. The van der Waals surface area contributed by atoms with E-state index in [2.05, 4.69) is 0 Å². The first-order valence-electron chi connectivity index (χ1n) is 5.15. The van der Waals surface area contributed by atoms with Gasteiger partial charge in [-0.2, -0.15) is 0 Å². The number of ether oxygens (including phenoxy) is 1. The van der Waals surface area contributed by atoms with Gasteiger partial charge in [0.05, 0.1) is 0 Å². The fraction of sp³-hybridized carbons (Fsp3) is 0.800. The third-order valence-corrected chi connectivity index (χ3v) is 2.35. The van der Waals surface area contributed by atoms with E-state index in [9.17, 15) is 9.59 Å². The van der Waals surface area contributed by atoms with Gasteiger partial charge in [0.15, 0.2) is 6.61 Å². The molecule has 1 rings (SSSR count). The van der Waals surface area contributed by atoms with Gasteiger partial charge in [-0.3, -0.25) is 4.79 Å². The quantitative estimate of drug-likeness (QED) is 0.657. The van der Waals surface area contributed by atoms with Gasteiger partial charge in [0.1, 0.15) is 6.04 Å². The highest BCUT2D eigenvalue weighted by Crippen LogP contribution is 2.17. The van der Waals surface area contributed by atoms with Gasteiger partial charge in [-0.1, -0.05) is 13.8 Å². The van der Waals surface area contributed by atoms with Crippen LogP contribution in [-0.2, 0) is 14.3 Å². The summed E-state index contributed by atoms with van der Waals surface area (Å²) in [5, 5.41) is 0. The molecule has 1 amide bonds. The van der Waals surface area contributed by atoms with Crippen molar-refractivity contribution in [2.24, 2.45) is 11.7 Å². The van der Waals surface area contributed by atoms with E-state index in [1.165, 1.54) is 4.90 Å². The summed E-state index contributed by atoms with van der Waals surface area (Å²) in [6, 6.07) is -0.627. The molecule has 0 aliphatic carbocycles. The van der Waals surface area contributed by atoms with Crippen molar-refractivity contribution >= 4 is 11.9 Å². The molecule has 0 aromatic carbocycles. The Morgan fingerprint density at radius 1 is 1.47 bits per heavy atom. The number of carbonyl (C=O) groups excluding carboxylic acids is 2. The molecule has 5 nitrogen and oxygen atoms in total. The van der Waals surface area contributed by atoms with E-state index in [1.807, 2.05) is 20.8 Å². The zero-order chi connectivity index (χ0) is 11.6. The second-order valence-corrected chi connectivity index (χ2v) is 4.32. The highest BCUT2D eigenvalue weighted by atomic mass is 16.5. The predicted octanol–water partition coefficient (Wildman–Crippen LogP) is -0.256. The molecule has 5 heteroatoms. The minimum atomic E-state index is -0.489. The molecule has 1 heterocycles. The van der Waals surface area contributed by atoms with E-state index in [0.717, 1.165) is 0 Å². The van der Waals surface area contributed by atoms with Crippen LogP contribution < -0.4 is 5.73 Å². The largest absolute Gasteiger partial charge is 0.454 e. The fourth-order valence-electron chi connectivity index (χ4n) is 1.74. The number of hydrogen-bond donors (Lipinski definition) is 1. The van der Waals surface area contributed by atoms with Crippen LogP contribution in [0.5, 0.6) is 0 Å². The summed E-state index contributed by atoms with van der Waals surface area (Å²) in [5.41, 5.74) is 5.65. The van der Waals surface area contributed by atoms with Gasteiger partial charge < -0.3 is 15.4 Å². The van der Waals surface area contributed by atoms with Crippen LogP contribution in [0.3, 0.4) is 0 Å². The molecule has 86 valence electrons. The first-order valence-corrected chi connectivity index (χ1v) is 5.15. The average Bonchev–Trinajstić information content (AvgIpc) is 2.10. The predicted molar refractivity (Wildman–Crippen MR) is 54.9 cm³/mol. The van der Waals surface area contributed by atoms with Crippen LogP contribution in [0, 0.1) is 5.92 Å². The highest BCUT2D eigenvalue weighted by Gasteiger charge is 2.38. The number of rotatable bonds is 3. The maximum atomic E-state index is 11.6. The lowest BCUT2D eigenvalue weighted by atomic mass is 10.0. The monoisotopic (exact) mass is 214 g/mol. The van der Waals surface area contributed by atoms with Gasteiger partial charge in [-0.05, 0) is 12.8 Å². The number of cyclic esters (lactones) is 1. The molecule has 0 saturated carbocycles. The number of nitrogens with two attached hydrogens (primary N) is 1. The molecular formula is C10H18N2O3. The van der Waals surface area contributed by atoms with Crippen LogP contribution in [0.4, 0.5) is 0 Å². The maximum absolute atomic E-state index is 11.6. The van der Waals surface area contributed by atoms with Gasteiger partial charge >= 0.3 is 5.97 Å². The number of esters is 1. The van der Waals surface area contributed by atoms with Crippen molar-refractivity contribution in [2.45, 2.75) is 32.9 Å². The SMILES string of the molecule is CC(N)CN1C(=O)COC(=O)C1C(C)C. The molecule has 2 atom stereocenters. The molecule has 2 unspecified atom stereocenters. The standard InChI is InChI=1S/C10H18N2O3/c1-6(2)9-10(14)15-5-8(13)12(9)4-7(3)11/h6-7,9H,4-5,11H2,1-3H3. The third kappa shape index (κ3) is 2.68. The number of morpholine rings is 1. The molecule has 0 spiro atoms. The molecule has 0 bridgehead atoms. The molecule has 1 aliphatic heterocycles. The van der Waals surface area contributed by atoms with Gasteiger partial charge in [0.25, 0.3) is 5.91 Å². The average molecular weight is 214 g/mol. The summed E-state index contributed by atoms with van der Waals surface area (Å²) in [5.74, 6) is -0.448. The van der Waals surface area contributed by atoms with E-state index >= 15 is 0 Å². The van der Waals surface area contributed by atoms with Crippen molar-refractivity contribution in [2.75, 3.05) is 13.2 Å². The molecule has 0 aromatic rings. The van der Waals surface area contributed by atoms with Crippen molar-refractivity contribution in [1.29, 1.82) is 0 Å². The number of hydrogen-bond acceptors (Lipinski definition) is 4. The Morgan fingerprint density at radius 3 is 2.53 bits per heavy atom. The molecule has 1 aliphatic rings. The molecule has 2 N–H and O–H groups in total. The summed E-state index contributed by atoms with van der Waals surface area (Å²) in [7, 11) is 0. The van der Waals surface area contributed by atoms with Crippen LogP contribution in [0.2, 0.25) is 0 Å². The van der Waals surface area contributed by atoms with Crippen molar-refractivity contribution < 1.29 is 14.3 Å². The zero-order valence-electron chi connectivity index (χ0n) is 9.40. The van der Waals surface area contributed by atoms with E-state index in [0.29, 0.717) is 6.54 Å². The molecular weight excluding hydrogens is 196 g/mol. The third-order valence-electron chi connectivity index (χ3n) is 2.35. The van der Waals surface area contributed by atoms with Crippen molar-refractivity contribution in [3.63, 3.8) is 0 Å². The fourth-order valence-corrected chi connectivity index (χ4v) is 1.74. The molecule has 1 fully saturated rings. The van der Waals surface area contributed by atoms with Crippen molar-refractivity contribution in [3.05, 3.63) is 0 Å². The Balaban J connectivity index is 2.83. The Labute approximate surface area is 89.6 Å². The van der Waals surface area contributed by atoms with E-state index in [1.54, 1.807) is 0 Å². The maximum Gasteiger partial charge on any atom is 0.329 e. The number of carbonyl (C=O) groups is 2. The van der Waals surface area contributed by atoms with Crippen LogP contribution in [0.25, 0.3) is 0 Å². The minimum Gasteiger partial charge on any atom is -0.454 e. The lowest BCUT2D eigenvalue weighted by Crippen LogP contribution is -2.57. The van der Waals surface area contributed by atoms with Gasteiger partial charge in [0.2, 0.25) is 0 Å². The summed E-state index contributed by atoms with van der Waals surface area (Å²) < 4.78 is 4.80. The van der Waals surface area contributed by atoms with Gasteiger partial charge in [-0.15, -0.1) is 0 Å². The van der Waals surface area contributed by atoms with Crippen LogP contribution in [0.15, 0.2) is 0 Å². The Morgan fingerprint density at radius 2 is 2.07 bits per heavy atom. The molecule has 0 aromatic heterocycles. The minimum absolute atomic E-state index is 0.0421. The zero-order valence-corrected chi connectivity index (χ0v) is 9.40. The Bertz CT molecular complexity index is 263. The van der Waals surface area contributed by atoms with Crippen LogP contribution in [0.1, 0.15) is 20.8 Å². The second-order valence-electron chi connectivity index (χ2n) is 4.32. The number of amides is 1. The summed E-state index contributed by atoms with van der Waals surface area (Å²) in [6.45, 7) is 5.83.